The van der Waals surface area contributed by atoms with Gasteiger partial charge in [-0.2, -0.15) is 0 Å². The zero-order valence-electron chi connectivity index (χ0n) is 16.0. The molecule has 0 aromatic carbocycles. The highest BCUT2D eigenvalue weighted by molar-refractivity contribution is 5.11. The lowest BCUT2D eigenvalue weighted by Crippen LogP contribution is -1.72. The highest BCUT2D eigenvalue weighted by atomic mass is 13.9. The van der Waals surface area contributed by atoms with E-state index < -0.39 is 0 Å². The van der Waals surface area contributed by atoms with Gasteiger partial charge in [0.2, 0.25) is 0 Å². The van der Waals surface area contributed by atoms with Crippen molar-refractivity contribution in [2.45, 2.75) is 78.1 Å². The summed E-state index contributed by atoms with van der Waals surface area (Å²) >= 11 is 0. The molecule has 0 heteroatoms. The molecule has 0 aliphatic heterocycles. The Morgan fingerprint density at radius 1 is 0.500 bits per heavy atom. The van der Waals surface area contributed by atoms with Crippen molar-refractivity contribution in [2.75, 3.05) is 0 Å². The molecule has 0 fully saturated rings. The number of unbranched alkanes of at least 4 members (excludes halogenated alkanes) is 6. The molecule has 0 aromatic rings. The number of hydrogen-bond acceptors (Lipinski definition) is 0. The van der Waals surface area contributed by atoms with Crippen LogP contribution in [0.4, 0.5) is 0 Å². The first-order chi connectivity index (χ1) is 11.9. The van der Waals surface area contributed by atoms with Crippen LogP contribution >= 0.6 is 0 Å². The molecule has 0 unspecified atom stereocenters. The highest BCUT2D eigenvalue weighted by Crippen LogP contribution is 2.03. The van der Waals surface area contributed by atoms with Crippen molar-refractivity contribution in [1.29, 1.82) is 0 Å². The second-order valence-electron chi connectivity index (χ2n) is 5.99. The average Bonchev–Trinajstić information content (AvgIpc) is 2.60. The van der Waals surface area contributed by atoms with Crippen LogP contribution in [-0.2, 0) is 0 Å². The Kier molecular flexibility index (Phi) is 20.0. The quantitative estimate of drug-likeness (QED) is 0.161. The van der Waals surface area contributed by atoms with E-state index in [4.69, 9.17) is 0 Å². The molecule has 0 aliphatic carbocycles. The van der Waals surface area contributed by atoms with Gasteiger partial charge in [-0.3, -0.25) is 0 Å². The van der Waals surface area contributed by atoms with Gasteiger partial charge in [0.05, 0.1) is 0 Å². The van der Waals surface area contributed by atoms with E-state index in [9.17, 15) is 0 Å². The van der Waals surface area contributed by atoms with E-state index in [1.165, 1.54) is 32.1 Å². The molecule has 0 nitrogen and oxygen atoms in total. The van der Waals surface area contributed by atoms with Gasteiger partial charge in [0.25, 0.3) is 0 Å². The second kappa shape index (κ2) is 21.4. The monoisotopic (exact) mass is 326 g/mol. The van der Waals surface area contributed by atoms with E-state index in [0.29, 0.717) is 0 Å². The topological polar surface area (TPSA) is 0 Å². The summed E-state index contributed by atoms with van der Waals surface area (Å²) in [5.74, 6) is 0. The molecule has 0 saturated carbocycles. The number of hydrogen-bond donors (Lipinski definition) is 0. The summed E-state index contributed by atoms with van der Waals surface area (Å²) in [6.07, 6.45) is 38.7. The SMILES string of the molecule is C/C=C/CC/C=C/CC/C=C/C/C=C/C=C/C=C/CCCCCC. The summed E-state index contributed by atoms with van der Waals surface area (Å²) in [5.41, 5.74) is 0. The fourth-order valence-electron chi connectivity index (χ4n) is 2.23. The summed E-state index contributed by atoms with van der Waals surface area (Å²) in [7, 11) is 0. The van der Waals surface area contributed by atoms with E-state index in [-0.39, 0.29) is 0 Å². The average molecular weight is 327 g/mol. The predicted octanol–water partition coefficient (Wildman–Crippen LogP) is 8.26. The predicted molar refractivity (Wildman–Crippen MR) is 112 cm³/mol. The molecule has 0 aliphatic rings. The molecule has 0 spiro atoms. The number of allylic oxidation sites excluding steroid dienone is 12. The summed E-state index contributed by atoms with van der Waals surface area (Å²) in [6, 6.07) is 0. The van der Waals surface area contributed by atoms with Gasteiger partial charge in [0.15, 0.2) is 0 Å². The number of rotatable bonds is 15. The minimum absolute atomic E-state index is 1.02. The fourth-order valence-corrected chi connectivity index (χ4v) is 2.23. The van der Waals surface area contributed by atoms with E-state index >= 15 is 0 Å². The van der Waals surface area contributed by atoms with E-state index in [1.54, 1.807) is 0 Å². The molecule has 0 radical (unpaired) electrons. The third kappa shape index (κ3) is 20.4. The molecule has 24 heavy (non-hydrogen) atoms. The first kappa shape index (κ1) is 22.4. The fraction of sp³-hybridized carbons (Fsp3) is 0.500. The molecule has 0 rings (SSSR count). The standard InChI is InChI=1S/C24H38/c1-3-5-7-9-11-13-15-17-19-21-23-24-22-20-18-16-14-12-10-8-6-4-2/h3,5,11,13-14,16,18-22,24H,4,6-10,12,15,17,23H2,1-2H3/b5-3+,13-11+,16-14+,20-18+,21-19+,24-22+. The zero-order valence-corrected chi connectivity index (χ0v) is 16.0. The third-order valence-electron chi connectivity index (χ3n) is 3.67. The maximum absolute atomic E-state index is 2.29. The van der Waals surface area contributed by atoms with E-state index in [0.717, 1.165) is 32.1 Å². The van der Waals surface area contributed by atoms with Gasteiger partial charge in [-0.1, -0.05) is 99.1 Å². The minimum atomic E-state index is 1.02. The lowest BCUT2D eigenvalue weighted by atomic mass is 10.1. The smallest absolute Gasteiger partial charge is 0.0166 e. The van der Waals surface area contributed by atoms with Gasteiger partial charge < -0.3 is 0 Å². The Labute approximate surface area is 151 Å². The maximum Gasteiger partial charge on any atom is -0.0166 e. The molecule has 0 bridgehead atoms. The minimum Gasteiger partial charge on any atom is -0.0917 e. The molecular weight excluding hydrogens is 288 g/mol. The van der Waals surface area contributed by atoms with Gasteiger partial charge >= 0.3 is 0 Å². The molecular formula is C24H38. The van der Waals surface area contributed by atoms with Gasteiger partial charge in [0, 0.05) is 0 Å². The molecule has 0 N–H and O–H groups in total. The summed E-state index contributed by atoms with van der Waals surface area (Å²) < 4.78 is 0. The Balaban J connectivity index is 3.47. The van der Waals surface area contributed by atoms with Crippen LogP contribution in [0.15, 0.2) is 72.9 Å². The van der Waals surface area contributed by atoms with Crippen LogP contribution in [0.5, 0.6) is 0 Å². The summed E-state index contributed by atoms with van der Waals surface area (Å²) in [4.78, 5) is 0. The first-order valence-corrected chi connectivity index (χ1v) is 9.81. The van der Waals surface area contributed by atoms with Crippen molar-refractivity contribution < 1.29 is 0 Å². The normalized spacial score (nSPS) is 13.2. The lowest BCUT2D eigenvalue weighted by Gasteiger charge is -1.92. The van der Waals surface area contributed by atoms with Crippen LogP contribution in [0.3, 0.4) is 0 Å². The lowest BCUT2D eigenvalue weighted by molar-refractivity contribution is 0.674. The van der Waals surface area contributed by atoms with Gasteiger partial charge in [-0.15, -0.1) is 0 Å². The van der Waals surface area contributed by atoms with Crippen LogP contribution in [0.2, 0.25) is 0 Å². The van der Waals surface area contributed by atoms with Crippen LogP contribution in [0.25, 0.3) is 0 Å². The second-order valence-corrected chi connectivity index (χ2v) is 5.99. The van der Waals surface area contributed by atoms with Gasteiger partial charge in [0.1, 0.15) is 0 Å². The van der Waals surface area contributed by atoms with Crippen molar-refractivity contribution in [2.24, 2.45) is 0 Å². The summed E-state index contributed by atoms with van der Waals surface area (Å²) in [5, 5.41) is 0. The van der Waals surface area contributed by atoms with Crippen molar-refractivity contribution in [1.82, 2.24) is 0 Å². The van der Waals surface area contributed by atoms with E-state index in [2.05, 4.69) is 86.8 Å². The summed E-state index contributed by atoms with van der Waals surface area (Å²) in [6.45, 7) is 4.33. The molecule has 0 amide bonds. The van der Waals surface area contributed by atoms with Gasteiger partial charge in [-0.25, -0.2) is 0 Å². The Hall–Kier alpha value is -1.56. The third-order valence-corrected chi connectivity index (χ3v) is 3.67. The van der Waals surface area contributed by atoms with Crippen LogP contribution in [-0.4, -0.2) is 0 Å². The van der Waals surface area contributed by atoms with Crippen molar-refractivity contribution >= 4 is 0 Å². The van der Waals surface area contributed by atoms with Crippen molar-refractivity contribution in [3.63, 3.8) is 0 Å². The van der Waals surface area contributed by atoms with Crippen molar-refractivity contribution in [3.05, 3.63) is 72.9 Å². The molecule has 0 heterocycles. The molecule has 0 aromatic heterocycles. The Morgan fingerprint density at radius 2 is 1.12 bits per heavy atom. The highest BCUT2D eigenvalue weighted by Gasteiger charge is 1.83. The van der Waals surface area contributed by atoms with Crippen molar-refractivity contribution in [3.8, 4) is 0 Å². The van der Waals surface area contributed by atoms with Gasteiger partial charge in [-0.05, 0) is 51.9 Å². The van der Waals surface area contributed by atoms with Crippen LogP contribution < -0.4 is 0 Å². The molecule has 134 valence electrons. The molecule has 0 atom stereocenters. The molecule has 0 saturated heterocycles. The largest absolute Gasteiger partial charge is 0.0917 e. The van der Waals surface area contributed by atoms with E-state index in [1.807, 2.05) is 0 Å². The Bertz CT molecular complexity index is 402. The van der Waals surface area contributed by atoms with Crippen LogP contribution in [0.1, 0.15) is 78.1 Å². The zero-order chi connectivity index (χ0) is 17.6. The first-order valence-electron chi connectivity index (χ1n) is 9.81. The Morgan fingerprint density at radius 3 is 1.79 bits per heavy atom. The van der Waals surface area contributed by atoms with Crippen LogP contribution in [0, 0.1) is 0 Å². The maximum atomic E-state index is 2.29.